The highest BCUT2D eigenvalue weighted by Crippen LogP contribution is 2.33. The van der Waals surface area contributed by atoms with E-state index in [9.17, 15) is 36.0 Å². The van der Waals surface area contributed by atoms with Crippen molar-refractivity contribution in [2.24, 2.45) is 5.41 Å². The van der Waals surface area contributed by atoms with Crippen molar-refractivity contribution in [3.8, 4) is 0 Å². The summed E-state index contributed by atoms with van der Waals surface area (Å²) in [5.41, 5.74) is 3.02. The van der Waals surface area contributed by atoms with Crippen LogP contribution < -0.4 is 0 Å². The molecule has 0 aliphatic rings. The van der Waals surface area contributed by atoms with Gasteiger partial charge < -0.3 is 14.2 Å². The van der Waals surface area contributed by atoms with Gasteiger partial charge in [-0.15, -0.1) is 0 Å². The molecule has 1 unspecified atom stereocenters. The van der Waals surface area contributed by atoms with Gasteiger partial charge in [0.25, 0.3) is 10.1 Å². The van der Waals surface area contributed by atoms with Crippen LogP contribution in [-0.2, 0) is 67.0 Å². The second-order valence-corrected chi connectivity index (χ2v) is 13.1. The van der Waals surface area contributed by atoms with E-state index in [0.717, 1.165) is 22.3 Å². The summed E-state index contributed by atoms with van der Waals surface area (Å²) in [6.07, 6.45) is -5.78. The summed E-state index contributed by atoms with van der Waals surface area (Å²) in [7, 11) is 6.04. The van der Waals surface area contributed by atoms with E-state index in [1.54, 1.807) is 12.1 Å². The molecule has 48 heavy (non-hydrogen) atoms. The summed E-state index contributed by atoms with van der Waals surface area (Å²) in [5.74, 6) is -5.20. The van der Waals surface area contributed by atoms with E-state index >= 15 is 0 Å². The Kier molecular flexibility index (Phi) is 15.0. The molecule has 0 spiro atoms. The van der Waals surface area contributed by atoms with Gasteiger partial charge in [0.2, 0.25) is 6.10 Å². The van der Waals surface area contributed by atoms with Gasteiger partial charge in [-0.1, -0.05) is 80.2 Å². The fourth-order valence-corrected chi connectivity index (χ4v) is 6.39. The number of ether oxygens (including phenoxy) is 3. The lowest BCUT2D eigenvalue weighted by molar-refractivity contribution is -0.223. The molecular weight excluding hydrogens is 646 g/mol. The van der Waals surface area contributed by atoms with Gasteiger partial charge in [-0.3, -0.25) is 9.35 Å². The van der Waals surface area contributed by atoms with Crippen molar-refractivity contribution in [2.75, 3.05) is 19.0 Å². The number of halogens is 3. The normalized spacial score (nSPS) is 12.7. The second kappa shape index (κ2) is 17.6. The first-order chi connectivity index (χ1) is 22.5. The van der Waals surface area contributed by atoms with Crippen LogP contribution in [0.15, 0.2) is 24.3 Å². The molecule has 2 rings (SSSR count). The molecule has 0 heterocycles. The summed E-state index contributed by atoms with van der Waals surface area (Å²) in [6.45, 7) is -0.277. The molecule has 19 heteroatoms. The van der Waals surface area contributed by atoms with Gasteiger partial charge in [-0.05, 0) is 28.7 Å². The zero-order chi connectivity index (χ0) is 36.4. The van der Waals surface area contributed by atoms with Crippen LogP contribution in [0.1, 0.15) is 67.4 Å². The molecule has 0 saturated heterocycles. The average Bonchev–Trinajstić information content (AvgIpc) is 3.05. The Morgan fingerprint density at radius 1 is 0.729 bits per heavy atom. The molecule has 0 fully saturated rings. The fraction of sp³-hybridized carbons (Fsp3) is 0.483. The van der Waals surface area contributed by atoms with E-state index < -0.39 is 64.7 Å². The number of benzene rings is 2. The molecule has 1 atom stereocenters. The molecule has 0 aliphatic heterocycles. The molecule has 1 N–H and O–H groups in total. The number of hydrogen-bond acceptors (Lipinski definition) is 8. The van der Waals surface area contributed by atoms with Crippen LogP contribution in [0.5, 0.6) is 0 Å². The van der Waals surface area contributed by atoms with Gasteiger partial charge in [-0.2, -0.15) is 21.6 Å². The third-order valence-corrected chi connectivity index (χ3v) is 9.40. The smallest absolute Gasteiger partial charge is 0.426 e. The van der Waals surface area contributed by atoms with E-state index in [1.165, 1.54) is 6.92 Å². The summed E-state index contributed by atoms with van der Waals surface area (Å²) in [4.78, 5) is 40.9. The Balaban J connectivity index is 2.62. The largest absolute Gasteiger partial charge is 0.461 e. The number of rotatable bonds is 17. The molecule has 0 amide bonds. The van der Waals surface area contributed by atoms with Crippen LogP contribution in [0.3, 0.4) is 0 Å². The summed E-state index contributed by atoms with van der Waals surface area (Å²) in [5, 5.41) is 0. The van der Waals surface area contributed by atoms with Crippen LogP contribution in [-0.4, -0.2) is 109 Å². The van der Waals surface area contributed by atoms with Crippen LogP contribution in [0, 0.1) is 5.41 Å². The lowest BCUT2D eigenvalue weighted by Gasteiger charge is -2.32. The summed E-state index contributed by atoms with van der Waals surface area (Å²) < 4.78 is 89.4. The Morgan fingerprint density at radius 2 is 1.10 bits per heavy atom. The molecule has 0 aliphatic carbocycles. The minimum atomic E-state index is -5.38. The number of carbonyl (C=O) groups is 3. The first-order valence-corrected chi connectivity index (χ1v) is 17.9. The zero-order valence-corrected chi connectivity index (χ0v) is 29.5. The molecule has 256 valence electrons. The van der Waals surface area contributed by atoms with E-state index in [4.69, 9.17) is 18.8 Å². The Labute approximate surface area is 286 Å². The minimum Gasteiger partial charge on any atom is -0.461 e. The lowest BCUT2D eigenvalue weighted by atomic mass is 9.80. The van der Waals surface area contributed by atoms with Crippen molar-refractivity contribution >= 4 is 75.1 Å². The summed E-state index contributed by atoms with van der Waals surface area (Å²) in [6, 6.07) is 7.41. The predicted molar refractivity (Wildman–Crippen MR) is 192 cm³/mol. The molecular formula is C29H41B6F3O9S. The second-order valence-electron chi connectivity index (χ2n) is 11.6. The van der Waals surface area contributed by atoms with Gasteiger partial charge in [-0.25, -0.2) is 9.59 Å². The first kappa shape index (κ1) is 41.1. The van der Waals surface area contributed by atoms with Crippen LogP contribution in [0.4, 0.5) is 13.2 Å². The molecule has 2 aromatic carbocycles. The SMILES string of the molecule is BCc1ccc(CB)c(C(=O)OCC(CC)(COC(=O)c2c(CB)ccc(CB)c2CB)C(=O)OC(CS(=O)(=O)O)C(F)(F)F)c1CB. The maximum absolute atomic E-state index is 13.8. The Hall–Kier alpha value is -3.06. The van der Waals surface area contributed by atoms with Gasteiger partial charge in [0.15, 0.2) is 0 Å². The number of carbonyl (C=O) groups excluding carboxylic acids is 3. The maximum atomic E-state index is 13.8. The van der Waals surface area contributed by atoms with E-state index in [1.807, 2.05) is 59.2 Å². The van der Waals surface area contributed by atoms with Crippen molar-refractivity contribution in [3.05, 3.63) is 68.8 Å². The van der Waals surface area contributed by atoms with Crippen molar-refractivity contribution in [1.29, 1.82) is 0 Å². The number of esters is 3. The van der Waals surface area contributed by atoms with Gasteiger partial charge >= 0.3 is 24.1 Å². The Morgan fingerprint density at radius 3 is 1.40 bits per heavy atom. The molecule has 2 aromatic rings. The third-order valence-electron chi connectivity index (χ3n) is 8.68. The standard InChI is InChI=1S/C29H41B6F3O9S/c1-2-28(27(41)47-22(29(36,37)38)13-48(42,43)44,14-45-25(39)23-18(9-32)5-3-16(7-30)20(23)11-34)15-46-26(40)24-19(10-33)6-4-17(8-31)21(24)12-35/h3-6,22H,2,7-15,30-35H2,1H3,(H,42,43,44). The number of hydrogen-bond donors (Lipinski definition) is 1. The molecule has 0 bridgehead atoms. The van der Waals surface area contributed by atoms with Crippen LogP contribution >= 0.6 is 0 Å². The number of alkyl halides is 3. The van der Waals surface area contributed by atoms with E-state index in [0.29, 0.717) is 49.0 Å². The highest BCUT2D eigenvalue weighted by atomic mass is 32.2. The van der Waals surface area contributed by atoms with Gasteiger partial charge in [0.05, 0.1) is 11.1 Å². The third kappa shape index (κ3) is 9.99. The van der Waals surface area contributed by atoms with Crippen molar-refractivity contribution in [3.63, 3.8) is 0 Å². The highest BCUT2D eigenvalue weighted by molar-refractivity contribution is 7.85. The highest BCUT2D eigenvalue weighted by Gasteiger charge is 2.50. The van der Waals surface area contributed by atoms with Crippen molar-refractivity contribution in [2.45, 2.75) is 63.5 Å². The van der Waals surface area contributed by atoms with Crippen molar-refractivity contribution < 1.29 is 54.7 Å². The topological polar surface area (TPSA) is 133 Å². The molecule has 0 saturated carbocycles. The maximum Gasteiger partial charge on any atom is 0.426 e. The first-order valence-electron chi connectivity index (χ1n) is 16.3. The molecule has 0 aromatic heterocycles. The molecule has 9 nitrogen and oxygen atoms in total. The van der Waals surface area contributed by atoms with Crippen LogP contribution in [0.25, 0.3) is 0 Å². The average molecular weight is 688 g/mol. The molecule has 0 radical (unpaired) electrons. The monoisotopic (exact) mass is 688 g/mol. The van der Waals surface area contributed by atoms with E-state index in [2.05, 4.69) is 0 Å². The predicted octanol–water partition coefficient (Wildman–Crippen LogP) is -1.74. The van der Waals surface area contributed by atoms with Crippen molar-refractivity contribution in [1.82, 2.24) is 0 Å². The fourth-order valence-electron chi connectivity index (χ4n) is 5.75. The quantitative estimate of drug-likeness (QED) is 0.0891. The van der Waals surface area contributed by atoms with Crippen LogP contribution in [0.2, 0.25) is 0 Å². The van der Waals surface area contributed by atoms with E-state index in [-0.39, 0.29) is 17.5 Å². The zero-order valence-electron chi connectivity index (χ0n) is 28.7. The summed E-state index contributed by atoms with van der Waals surface area (Å²) >= 11 is 0. The Bertz CT molecular complexity index is 1510. The van der Waals surface area contributed by atoms with Gasteiger partial charge in [0.1, 0.15) is 71.5 Å². The lowest BCUT2D eigenvalue weighted by Crippen LogP contribution is -2.48. The minimum absolute atomic E-state index is 0.283. The van der Waals surface area contributed by atoms with Gasteiger partial charge in [0, 0.05) is 0 Å².